The minimum absolute atomic E-state index is 0.556. The molecule has 0 atom stereocenters. The number of hydrogen-bond acceptors (Lipinski definition) is 8. The van der Waals surface area contributed by atoms with Gasteiger partial charge in [0.15, 0.2) is 0 Å². The van der Waals surface area contributed by atoms with Crippen molar-refractivity contribution < 1.29 is 0 Å². The van der Waals surface area contributed by atoms with Crippen molar-refractivity contribution in [2.45, 2.75) is 60.0 Å². The lowest BCUT2D eigenvalue weighted by Crippen LogP contribution is -2.19. The minimum atomic E-state index is 0.556. The lowest BCUT2D eigenvalue weighted by molar-refractivity contribution is 0.597. The third-order valence-electron chi connectivity index (χ3n) is 5.39. The SMILES string of the molecule is Cc1cc(C)c(CNCc2cn(CCN)nn2)c(C)c1CNCc1cn(CCN)nn1. The molecule has 0 amide bonds. The van der Waals surface area contributed by atoms with Crippen molar-refractivity contribution in [1.29, 1.82) is 0 Å². The molecular weight excluding hydrogens is 392 g/mol. The lowest BCUT2D eigenvalue weighted by Gasteiger charge is -2.18. The summed E-state index contributed by atoms with van der Waals surface area (Å²) in [6.45, 7) is 11.9. The van der Waals surface area contributed by atoms with Gasteiger partial charge in [0.2, 0.25) is 0 Å². The van der Waals surface area contributed by atoms with Crippen LogP contribution in [0.15, 0.2) is 18.5 Å². The second-order valence-electron chi connectivity index (χ2n) is 7.82. The second kappa shape index (κ2) is 11.1. The highest BCUT2D eigenvalue weighted by Crippen LogP contribution is 2.22. The zero-order valence-corrected chi connectivity index (χ0v) is 18.7. The van der Waals surface area contributed by atoms with Gasteiger partial charge >= 0.3 is 0 Å². The Balaban J connectivity index is 1.58. The van der Waals surface area contributed by atoms with Gasteiger partial charge in [0.1, 0.15) is 0 Å². The zero-order valence-electron chi connectivity index (χ0n) is 18.7. The van der Waals surface area contributed by atoms with Crippen molar-refractivity contribution in [3.8, 4) is 0 Å². The van der Waals surface area contributed by atoms with Gasteiger partial charge in [-0.05, 0) is 48.6 Å². The van der Waals surface area contributed by atoms with Crippen LogP contribution in [0, 0.1) is 20.8 Å². The quantitative estimate of drug-likeness (QED) is 0.324. The molecule has 0 spiro atoms. The molecule has 3 rings (SSSR count). The Labute approximate surface area is 183 Å². The van der Waals surface area contributed by atoms with Crippen LogP contribution in [-0.4, -0.2) is 43.1 Å². The standard InChI is InChI=1S/C21H34N10/c1-15-8-16(2)21(12-25-10-19-14-31(7-5-23)29-27-19)17(3)20(15)11-24-9-18-13-30(6-4-22)28-26-18/h8,13-14,24-25H,4-7,9-12,22-23H2,1-3H3. The molecule has 6 N–H and O–H groups in total. The maximum absolute atomic E-state index is 5.56. The number of aromatic nitrogens is 6. The molecule has 168 valence electrons. The molecule has 0 aliphatic rings. The summed E-state index contributed by atoms with van der Waals surface area (Å²) < 4.78 is 3.55. The van der Waals surface area contributed by atoms with Gasteiger partial charge in [-0.2, -0.15) is 0 Å². The average Bonchev–Trinajstić information content (AvgIpc) is 3.37. The first-order chi connectivity index (χ1) is 15.0. The van der Waals surface area contributed by atoms with Gasteiger partial charge in [-0.3, -0.25) is 9.36 Å². The average molecular weight is 427 g/mol. The largest absolute Gasteiger partial charge is 0.329 e. The molecule has 0 radical (unpaired) electrons. The van der Waals surface area contributed by atoms with Crippen molar-refractivity contribution in [3.63, 3.8) is 0 Å². The van der Waals surface area contributed by atoms with Crippen LogP contribution < -0.4 is 22.1 Å². The molecular formula is C21H34N10. The van der Waals surface area contributed by atoms with Crippen LogP contribution in [0.2, 0.25) is 0 Å². The molecule has 0 saturated carbocycles. The Kier molecular flexibility index (Phi) is 8.24. The monoisotopic (exact) mass is 426 g/mol. The fourth-order valence-corrected chi connectivity index (χ4v) is 3.77. The van der Waals surface area contributed by atoms with Gasteiger partial charge < -0.3 is 22.1 Å². The van der Waals surface area contributed by atoms with E-state index >= 15 is 0 Å². The maximum atomic E-state index is 5.56. The van der Waals surface area contributed by atoms with Gasteiger partial charge in [0.05, 0.1) is 24.5 Å². The molecule has 1 aromatic carbocycles. The van der Waals surface area contributed by atoms with Crippen LogP contribution in [-0.2, 0) is 39.3 Å². The molecule has 2 heterocycles. The molecule has 0 saturated heterocycles. The smallest absolute Gasteiger partial charge is 0.0964 e. The van der Waals surface area contributed by atoms with Gasteiger partial charge in [-0.25, -0.2) is 0 Å². The van der Waals surface area contributed by atoms with Crippen molar-refractivity contribution >= 4 is 0 Å². The number of nitrogens with zero attached hydrogens (tertiary/aromatic N) is 6. The fraction of sp³-hybridized carbons (Fsp3) is 0.524. The Morgan fingerprint density at radius 2 is 1.19 bits per heavy atom. The Hall–Kier alpha value is -2.66. The van der Waals surface area contributed by atoms with Crippen molar-refractivity contribution in [2.24, 2.45) is 11.5 Å². The summed E-state index contributed by atoms with van der Waals surface area (Å²) >= 11 is 0. The summed E-state index contributed by atoms with van der Waals surface area (Å²) in [4.78, 5) is 0. The fourth-order valence-electron chi connectivity index (χ4n) is 3.77. The van der Waals surface area contributed by atoms with Crippen LogP contribution in [0.5, 0.6) is 0 Å². The molecule has 31 heavy (non-hydrogen) atoms. The first-order valence-corrected chi connectivity index (χ1v) is 10.7. The Morgan fingerprint density at radius 1 is 0.742 bits per heavy atom. The number of nitrogens with one attached hydrogen (secondary N) is 2. The van der Waals surface area contributed by atoms with Gasteiger partial charge in [0, 0.05) is 51.7 Å². The predicted molar refractivity (Wildman–Crippen MR) is 120 cm³/mol. The molecule has 0 bridgehead atoms. The highest BCUT2D eigenvalue weighted by molar-refractivity contribution is 5.44. The first kappa shape index (κ1) is 23.0. The van der Waals surface area contributed by atoms with Crippen LogP contribution in [0.3, 0.4) is 0 Å². The molecule has 0 fully saturated rings. The topological polar surface area (TPSA) is 138 Å². The molecule has 3 aromatic rings. The van der Waals surface area contributed by atoms with E-state index in [0.29, 0.717) is 39.3 Å². The van der Waals surface area contributed by atoms with Gasteiger partial charge in [0.25, 0.3) is 0 Å². The van der Waals surface area contributed by atoms with Crippen molar-refractivity contribution in [2.75, 3.05) is 13.1 Å². The number of aryl methyl sites for hydroxylation is 2. The number of hydrogen-bond donors (Lipinski definition) is 4. The normalized spacial score (nSPS) is 11.4. The Morgan fingerprint density at radius 3 is 1.61 bits per heavy atom. The van der Waals surface area contributed by atoms with Crippen molar-refractivity contribution in [3.05, 3.63) is 57.7 Å². The summed E-state index contributed by atoms with van der Waals surface area (Å²) in [6, 6.07) is 2.26. The summed E-state index contributed by atoms with van der Waals surface area (Å²) in [5.74, 6) is 0. The van der Waals surface area contributed by atoms with Gasteiger partial charge in [-0.15, -0.1) is 10.2 Å². The zero-order chi connectivity index (χ0) is 22.2. The molecule has 10 heteroatoms. The van der Waals surface area contributed by atoms with E-state index in [1.807, 2.05) is 12.4 Å². The molecule has 0 aliphatic heterocycles. The first-order valence-electron chi connectivity index (χ1n) is 10.7. The molecule has 10 nitrogen and oxygen atoms in total. The van der Waals surface area contributed by atoms with Crippen LogP contribution >= 0.6 is 0 Å². The molecule has 2 aromatic heterocycles. The number of rotatable bonds is 12. The molecule has 0 unspecified atom stereocenters. The summed E-state index contributed by atoms with van der Waals surface area (Å²) in [6.07, 6.45) is 3.88. The molecule has 0 aliphatic carbocycles. The summed E-state index contributed by atoms with van der Waals surface area (Å²) in [7, 11) is 0. The second-order valence-corrected chi connectivity index (χ2v) is 7.82. The Bertz CT molecular complexity index is 900. The minimum Gasteiger partial charge on any atom is -0.329 e. The van der Waals surface area contributed by atoms with Crippen LogP contribution in [0.25, 0.3) is 0 Å². The summed E-state index contributed by atoms with van der Waals surface area (Å²) in [5, 5.41) is 23.5. The van der Waals surface area contributed by atoms with Gasteiger partial charge in [-0.1, -0.05) is 16.5 Å². The highest BCUT2D eigenvalue weighted by atomic mass is 15.4. The van der Waals surface area contributed by atoms with E-state index in [9.17, 15) is 0 Å². The van der Waals surface area contributed by atoms with E-state index in [0.717, 1.165) is 24.5 Å². The number of nitrogens with two attached hydrogens (primary N) is 2. The van der Waals surface area contributed by atoms with E-state index in [-0.39, 0.29) is 0 Å². The predicted octanol–water partition coefficient (Wildman–Crippen LogP) is 0.292. The third kappa shape index (κ3) is 6.17. The van der Waals surface area contributed by atoms with Crippen molar-refractivity contribution in [1.82, 2.24) is 40.6 Å². The third-order valence-corrected chi connectivity index (χ3v) is 5.39. The summed E-state index contributed by atoms with van der Waals surface area (Å²) in [5.41, 5.74) is 19.5. The van der Waals surface area contributed by atoms with E-state index in [1.54, 1.807) is 9.36 Å². The maximum Gasteiger partial charge on any atom is 0.0964 e. The number of benzene rings is 1. The van der Waals surface area contributed by atoms with E-state index in [1.165, 1.54) is 27.8 Å². The van der Waals surface area contributed by atoms with E-state index in [4.69, 9.17) is 11.5 Å². The van der Waals surface area contributed by atoms with E-state index < -0.39 is 0 Å². The highest BCUT2D eigenvalue weighted by Gasteiger charge is 2.12. The van der Waals surface area contributed by atoms with Crippen LogP contribution in [0.4, 0.5) is 0 Å². The van der Waals surface area contributed by atoms with Crippen LogP contribution in [0.1, 0.15) is 39.2 Å². The lowest BCUT2D eigenvalue weighted by atomic mass is 9.93. The van der Waals surface area contributed by atoms with E-state index in [2.05, 4.69) is 58.1 Å².